The van der Waals surface area contributed by atoms with Crippen LogP contribution >= 0.6 is 0 Å². The van der Waals surface area contributed by atoms with Crippen molar-refractivity contribution in [3.63, 3.8) is 0 Å². The van der Waals surface area contributed by atoms with E-state index in [9.17, 15) is 9.59 Å². The van der Waals surface area contributed by atoms with Crippen molar-refractivity contribution in [2.75, 3.05) is 14.2 Å². The minimum atomic E-state index is -0.571. The summed E-state index contributed by atoms with van der Waals surface area (Å²) in [5, 5.41) is 2.81. The molecular weight excluding hydrogens is 284 g/mol. The van der Waals surface area contributed by atoms with Crippen LogP contribution in [0.25, 0.3) is 0 Å². The average Bonchev–Trinajstić information content (AvgIpc) is 2.82. The summed E-state index contributed by atoms with van der Waals surface area (Å²) in [7, 11) is 2.92. The highest BCUT2D eigenvalue weighted by Gasteiger charge is 2.61. The molecule has 0 radical (unpaired) electrons. The maximum Gasteiger partial charge on any atom is 0.418 e. The summed E-state index contributed by atoms with van der Waals surface area (Å²) >= 11 is 0. The third kappa shape index (κ3) is 1.89. The van der Waals surface area contributed by atoms with E-state index in [-0.39, 0.29) is 17.5 Å². The molecule has 2 atom stereocenters. The molecule has 1 N–H and O–H groups in total. The second-order valence-corrected chi connectivity index (χ2v) is 7.67. The number of amides is 3. The fourth-order valence-corrected chi connectivity index (χ4v) is 6.15. The number of imide groups is 1. The van der Waals surface area contributed by atoms with Crippen LogP contribution in [0.1, 0.15) is 38.5 Å². The molecule has 4 aliphatic carbocycles. The molecule has 1 aliphatic heterocycles. The zero-order chi connectivity index (χ0) is 15.5. The Labute approximate surface area is 130 Å². The molecular formula is C16H24N2O4. The number of hydrogen-bond acceptors (Lipinski definition) is 4. The van der Waals surface area contributed by atoms with Crippen molar-refractivity contribution in [1.29, 1.82) is 0 Å². The Balaban J connectivity index is 1.71. The number of urea groups is 1. The van der Waals surface area contributed by atoms with E-state index in [0.717, 1.165) is 37.0 Å². The first-order valence-electron chi connectivity index (χ1n) is 8.27. The van der Waals surface area contributed by atoms with Gasteiger partial charge in [0.15, 0.2) is 6.23 Å². The minimum absolute atomic E-state index is 0.00275. The fourth-order valence-electron chi connectivity index (χ4n) is 6.15. The first-order chi connectivity index (χ1) is 10.6. The number of ether oxygens (including phenoxy) is 2. The summed E-state index contributed by atoms with van der Waals surface area (Å²) in [6, 6.07) is -0.634. The molecule has 6 heteroatoms. The third-order valence-electron chi connectivity index (χ3n) is 6.39. The maximum absolute atomic E-state index is 12.3. The van der Waals surface area contributed by atoms with E-state index in [2.05, 4.69) is 5.32 Å². The van der Waals surface area contributed by atoms with Crippen LogP contribution < -0.4 is 5.32 Å². The van der Waals surface area contributed by atoms with E-state index in [1.165, 1.54) is 31.3 Å². The zero-order valence-electron chi connectivity index (χ0n) is 13.2. The third-order valence-corrected chi connectivity index (χ3v) is 6.39. The topological polar surface area (TPSA) is 67.9 Å². The zero-order valence-corrected chi connectivity index (χ0v) is 13.2. The predicted molar refractivity (Wildman–Crippen MR) is 78.0 cm³/mol. The predicted octanol–water partition coefficient (Wildman–Crippen LogP) is 2.34. The highest BCUT2D eigenvalue weighted by atomic mass is 16.5. The quantitative estimate of drug-likeness (QED) is 0.850. The van der Waals surface area contributed by atoms with Crippen LogP contribution in [-0.4, -0.2) is 43.5 Å². The molecule has 4 saturated carbocycles. The number of nitrogens with one attached hydrogen (secondary N) is 1. The molecule has 5 rings (SSSR count). The monoisotopic (exact) mass is 308 g/mol. The fraction of sp³-hybridized carbons (Fsp3) is 0.875. The summed E-state index contributed by atoms with van der Waals surface area (Å²) in [4.78, 5) is 25.7. The highest BCUT2D eigenvalue weighted by molar-refractivity contribution is 5.93. The Hall–Kier alpha value is -1.30. The normalized spacial score (nSPS) is 46.0. The second kappa shape index (κ2) is 4.85. The van der Waals surface area contributed by atoms with Gasteiger partial charge in [0.2, 0.25) is 0 Å². The average molecular weight is 308 g/mol. The van der Waals surface area contributed by atoms with Crippen molar-refractivity contribution >= 4 is 12.1 Å². The van der Waals surface area contributed by atoms with Crippen LogP contribution in [0.5, 0.6) is 0 Å². The Bertz CT molecular complexity index is 471. The lowest BCUT2D eigenvalue weighted by Gasteiger charge is -2.59. The highest BCUT2D eigenvalue weighted by Crippen LogP contribution is 2.62. The van der Waals surface area contributed by atoms with Gasteiger partial charge in [-0.3, -0.25) is 0 Å². The molecule has 22 heavy (non-hydrogen) atoms. The van der Waals surface area contributed by atoms with Crippen LogP contribution in [0.2, 0.25) is 0 Å². The van der Waals surface area contributed by atoms with Gasteiger partial charge < -0.3 is 14.8 Å². The molecule has 1 saturated heterocycles. The van der Waals surface area contributed by atoms with Crippen molar-refractivity contribution in [1.82, 2.24) is 10.2 Å². The molecule has 0 aromatic rings. The molecule has 122 valence electrons. The number of methoxy groups -OCH3 is 2. The largest absolute Gasteiger partial charge is 0.452 e. The molecule has 0 unspecified atom stereocenters. The van der Waals surface area contributed by atoms with E-state index >= 15 is 0 Å². The van der Waals surface area contributed by atoms with Crippen LogP contribution in [0.15, 0.2) is 0 Å². The number of carbonyl (C=O) groups excluding carboxylic acids is 2. The summed E-state index contributed by atoms with van der Waals surface area (Å²) < 4.78 is 10.4. The van der Waals surface area contributed by atoms with Gasteiger partial charge >= 0.3 is 12.1 Å². The van der Waals surface area contributed by atoms with Crippen molar-refractivity contribution in [3.8, 4) is 0 Å². The first-order valence-corrected chi connectivity index (χ1v) is 8.27. The van der Waals surface area contributed by atoms with Crippen molar-refractivity contribution in [3.05, 3.63) is 0 Å². The molecule has 1 heterocycles. The molecule has 0 aromatic carbocycles. The van der Waals surface area contributed by atoms with Crippen LogP contribution in [0, 0.1) is 23.2 Å². The van der Waals surface area contributed by atoms with Crippen molar-refractivity contribution < 1.29 is 19.1 Å². The van der Waals surface area contributed by atoms with E-state index in [1.807, 2.05) is 0 Å². The molecule has 0 spiro atoms. The summed E-state index contributed by atoms with van der Waals surface area (Å²) in [5.41, 5.74) is 0.00275. The Kier molecular flexibility index (Phi) is 3.15. The van der Waals surface area contributed by atoms with Gasteiger partial charge in [0.1, 0.15) is 0 Å². The van der Waals surface area contributed by atoms with Crippen LogP contribution in [-0.2, 0) is 9.47 Å². The molecule has 6 nitrogen and oxygen atoms in total. The number of carbonyl (C=O) groups is 2. The number of rotatable bonds is 2. The minimum Gasteiger partial charge on any atom is -0.452 e. The Morgan fingerprint density at radius 1 is 1.14 bits per heavy atom. The van der Waals surface area contributed by atoms with Gasteiger partial charge in [-0.15, -0.1) is 0 Å². The first kappa shape index (κ1) is 14.3. The number of hydrogen-bond donors (Lipinski definition) is 1. The van der Waals surface area contributed by atoms with Gasteiger partial charge in [0.05, 0.1) is 13.2 Å². The van der Waals surface area contributed by atoms with E-state index in [1.54, 1.807) is 7.11 Å². The van der Waals surface area contributed by atoms with Crippen LogP contribution in [0.3, 0.4) is 0 Å². The van der Waals surface area contributed by atoms with Crippen LogP contribution in [0.4, 0.5) is 9.59 Å². The van der Waals surface area contributed by atoms with Crippen molar-refractivity contribution in [2.24, 2.45) is 23.2 Å². The maximum atomic E-state index is 12.3. The second-order valence-electron chi connectivity index (χ2n) is 7.67. The Morgan fingerprint density at radius 3 is 2.14 bits per heavy atom. The molecule has 4 bridgehead atoms. The van der Waals surface area contributed by atoms with Gasteiger partial charge in [0.25, 0.3) is 0 Å². The van der Waals surface area contributed by atoms with Gasteiger partial charge in [-0.2, -0.15) is 0 Å². The standard InChI is InChI=1S/C16H24N2O4/c1-21-13-12(18(14(19)17-13)15(20)22-2)16-6-9-3-10(7-16)5-11(4-9)8-16/h9-13H,3-8H2,1-2H3,(H,17,19)/t9?,10?,11?,12-,13+,16?/m0/s1. The molecule has 5 aliphatic rings. The Morgan fingerprint density at radius 2 is 1.68 bits per heavy atom. The van der Waals surface area contributed by atoms with Crippen molar-refractivity contribution in [2.45, 2.75) is 50.8 Å². The molecule has 3 amide bonds. The van der Waals surface area contributed by atoms with E-state index in [4.69, 9.17) is 9.47 Å². The molecule has 0 aromatic heterocycles. The summed E-state index contributed by atoms with van der Waals surface area (Å²) in [5.74, 6) is 2.25. The lowest BCUT2D eigenvalue weighted by atomic mass is 9.47. The number of nitrogens with zero attached hydrogens (tertiary/aromatic N) is 1. The van der Waals surface area contributed by atoms with Gasteiger partial charge in [-0.25, -0.2) is 14.5 Å². The van der Waals surface area contributed by atoms with Gasteiger partial charge in [-0.1, -0.05) is 0 Å². The molecule has 5 fully saturated rings. The van der Waals surface area contributed by atoms with E-state index in [0.29, 0.717) is 0 Å². The lowest BCUT2D eigenvalue weighted by molar-refractivity contribution is -0.114. The van der Waals surface area contributed by atoms with Gasteiger partial charge in [0, 0.05) is 7.11 Å². The summed E-state index contributed by atoms with van der Waals surface area (Å²) in [6.07, 6.45) is 6.28. The van der Waals surface area contributed by atoms with Gasteiger partial charge in [-0.05, 0) is 61.7 Å². The smallest absolute Gasteiger partial charge is 0.418 e. The summed E-state index contributed by atoms with van der Waals surface area (Å²) in [6.45, 7) is 0. The SMILES string of the molecule is COC(=O)N1C(=O)N[C@H](OC)[C@H]1C12CC3CC(CC(C3)C1)C2. The van der Waals surface area contributed by atoms with E-state index < -0.39 is 12.3 Å². The lowest BCUT2D eigenvalue weighted by Crippen LogP contribution is -2.59.